The van der Waals surface area contributed by atoms with Crippen molar-refractivity contribution in [3.8, 4) is 5.75 Å². The fraction of sp³-hybridized carbons (Fsp3) is 0.0833. The highest BCUT2D eigenvalue weighted by Crippen LogP contribution is 2.17. The van der Waals surface area contributed by atoms with E-state index in [1.807, 2.05) is 42.5 Å². The van der Waals surface area contributed by atoms with Gasteiger partial charge in [-0.25, -0.2) is 10.2 Å². The normalized spacial score (nSPS) is 10.4. The van der Waals surface area contributed by atoms with Crippen molar-refractivity contribution in [1.82, 2.24) is 5.43 Å². The first-order valence-electron chi connectivity index (χ1n) is 9.65. The molecule has 0 saturated carbocycles. The number of esters is 1. The number of hydrazone groups is 1. The lowest BCUT2D eigenvalue weighted by Crippen LogP contribution is -2.32. The summed E-state index contributed by atoms with van der Waals surface area (Å²) in [5, 5.41) is 6.26. The number of carbonyl (C=O) groups is 3. The number of nitrogens with one attached hydrogen (secondary N) is 2. The molecule has 162 valence electrons. The second-order valence-corrected chi connectivity index (χ2v) is 6.53. The zero-order chi connectivity index (χ0) is 22.8. The first-order chi connectivity index (χ1) is 15.6. The van der Waals surface area contributed by atoms with E-state index in [1.54, 1.807) is 12.1 Å². The van der Waals surface area contributed by atoms with E-state index in [9.17, 15) is 14.4 Å². The van der Waals surface area contributed by atoms with Gasteiger partial charge in [0.05, 0.1) is 18.9 Å². The Balaban J connectivity index is 1.54. The molecular formula is C24H21N3O5. The Kier molecular flexibility index (Phi) is 7.69. The lowest BCUT2D eigenvalue weighted by Gasteiger charge is -2.09. The molecule has 0 unspecified atom stereocenters. The van der Waals surface area contributed by atoms with Crippen molar-refractivity contribution in [1.29, 1.82) is 0 Å². The summed E-state index contributed by atoms with van der Waals surface area (Å²) in [6.07, 6.45) is 1.40. The van der Waals surface area contributed by atoms with Crippen LogP contribution in [0.15, 0.2) is 84.0 Å². The average molecular weight is 431 g/mol. The van der Waals surface area contributed by atoms with E-state index in [4.69, 9.17) is 4.74 Å². The number of hydrogen-bond donors (Lipinski definition) is 2. The summed E-state index contributed by atoms with van der Waals surface area (Å²) >= 11 is 0. The molecule has 8 heteroatoms. The van der Waals surface area contributed by atoms with Crippen LogP contribution in [0.5, 0.6) is 5.75 Å². The van der Waals surface area contributed by atoms with E-state index in [2.05, 4.69) is 20.6 Å². The maximum atomic E-state index is 12.0. The summed E-state index contributed by atoms with van der Waals surface area (Å²) < 4.78 is 10.4. The lowest BCUT2D eigenvalue weighted by atomic mass is 10.2. The summed E-state index contributed by atoms with van der Waals surface area (Å²) in [5.74, 6) is -1.75. The molecule has 0 saturated heterocycles. The van der Waals surface area contributed by atoms with Gasteiger partial charge in [0.15, 0.2) is 0 Å². The van der Waals surface area contributed by atoms with Gasteiger partial charge < -0.3 is 14.8 Å². The summed E-state index contributed by atoms with van der Waals surface area (Å²) in [5.41, 5.74) is 4.51. The van der Waals surface area contributed by atoms with Crippen molar-refractivity contribution in [2.45, 2.75) is 6.61 Å². The predicted molar refractivity (Wildman–Crippen MR) is 119 cm³/mol. The van der Waals surface area contributed by atoms with E-state index in [0.717, 1.165) is 5.56 Å². The average Bonchev–Trinajstić information content (AvgIpc) is 2.84. The number of benzene rings is 3. The Labute approximate surface area is 184 Å². The maximum absolute atomic E-state index is 12.0. The van der Waals surface area contributed by atoms with Gasteiger partial charge in [-0.1, -0.05) is 42.5 Å². The smallest absolute Gasteiger partial charge is 0.337 e. The van der Waals surface area contributed by atoms with Gasteiger partial charge in [0.25, 0.3) is 0 Å². The molecule has 0 spiro atoms. The Morgan fingerprint density at radius 2 is 1.56 bits per heavy atom. The minimum Gasteiger partial charge on any atom is -0.488 e. The van der Waals surface area contributed by atoms with Crippen molar-refractivity contribution in [2.75, 3.05) is 12.4 Å². The van der Waals surface area contributed by atoms with Crippen molar-refractivity contribution < 1.29 is 23.9 Å². The molecule has 0 radical (unpaired) electrons. The van der Waals surface area contributed by atoms with Crippen LogP contribution in [0, 0.1) is 0 Å². The quantitative estimate of drug-likeness (QED) is 0.259. The predicted octanol–water partition coefficient (Wildman–Crippen LogP) is 3.14. The van der Waals surface area contributed by atoms with Crippen LogP contribution in [0.2, 0.25) is 0 Å². The molecule has 0 aliphatic heterocycles. The van der Waals surface area contributed by atoms with Crippen LogP contribution >= 0.6 is 0 Å². The molecule has 0 fully saturated rings. The van der Waals surface area contributed by atoms with Gasteiger partial charge in [-0.15, -0.1) is 0 Å². The fourth-order valence-corrected chi connectivity index (χ4v) is 2.66. The first-order valence-corrected chi connectivity index (χ1v) is 9.65. The van der Waals surface area contributed by atoms with E-state index in [0.29, 0.717) is 29.2 Å². The Bertz CT molecular complexity index is 1110. The molecule has 0 heterocycles. The van der Waals surface area contributed by atoms with Gasteiger partial charge in [-0.3, -0.25) is 9.59 Å². The van der Waals surface area contributed by atoms with Crippen LogP contribution in [-0.4, -0.2) is 31.1 Å². The number of nitrogens with zero attached hydrogens (tertiary/aromatic N) is 1. The molecule has 3 aromatic carbocycles. The highest BCUT2D eigenvalue weighted by atomic mass is 16.5. The van der Waals surface area contributed by atoms with E-state index >= 15 is 0 Å². The topological polar surface area (TPSA) is 106 Å². The van der Waals surface area contributed by atoms with Crippen molar-refractivity contribution in [3.05, 3.63) is 95.6 Å². The summed E-state index contributed by atoms with van der Waals surface area (Å²) in [6, 6.07) is 22.8. The number of rotatable bonds is 7. The molecule has 2 N–H and O–H groups in total. The second kappa shape index (κ2) is 11.1. The number of hydrogen-bond acceptors (Lipinski definition) is 6. The van der Waals surface area contributed by atoms with Gasteiger partial charge in [-0.05, 0) is 42.0 Å². The molecule has 3 aromatic rings. The van der Waals surface area contributed by atoms with Crippen molar-refractivity contribution >= 4 is 29.7 Å². The van der Waals surface area contributed by atoms with Gasteiger partial charge in [0, 0.05) is 11.3 Å². The first kappa shape index (κ1) is 22.2. The Morgan fingerprint density at radius 3 is 2.28 bits per heavy atom. The molecule has 0 aliphatic carbocycles. The maximum Gasteiger partial charge on any atom is 0.337 e. The van der Waals surface area contributed by atoms with Gasteiger partial charge in [-0.2, -0.15) is 5.10 Å². The van der Waals surface area contributed by atoms with Gasteiger partial charge >= 0.3 is 17.8 Å². The van der Waals surface area contributed by atoms with Crippen molar-refractivity contribution in [2.24, 2.45) is 5.10 Å². The van der Waals surface area contributed by atoms with Crippen LogP contribution in [0.3, 0.4) is 0 Å². The van der Waals surface area contributed by atoms with Crippen LogP contribution in [-0.2, 0) is 20.9 Å². The number of anilines is 1. The Hall–Kier alpha value is -4.46. The highest BCUT2D eigenvalue weighted by molar-refractivity contribution is 6.39. The van der Waals surface area contributed by atoms with E-state index in [-0.39, 0.29) is 0 Å². The molecule has 0 bridgehead atoms. The number of methoxy groups -OCH3 is 1. The molecule has 2 amide bonds. The zero-order valence-electron chi connectivity index (χ0n) is 17.3. The zero-order valence-corrected chi connectivity index (χ0v) is 17.3. The molecule has 8 nitrogen and oxygen atoms in total. The largest absolute Gasteiger partial charge is 0.488 e. The molecule has 0 aromatic heterocycles. The summed E-state index contributed by atoms with van der Waals surface area (Å²) in [7, 11) is 1.27. The van der Waals surface area contributed by atoms with Crippen molar-refractivity contribution in [3.63, 3.8) is 0 Å². The van der Waals surface area contributed by atoms with Crippen LogP contribution in [0.4, 0.5) is 5.69 Å². The van der Waals surface area contributed by atoms with Crippen LogP contribution in [0.1, 0.15) is 21.5 Å². The standard InChI is InChI=1S/C24H21N3O5/c1-31-24(30)18-11-13-20(14-12-18)26-22(28)23(29)27-25-15-19-9-5-6-10-21(19)32-16-17-7-3-2-4-8-17/h2-15H,16H2,1H3,(H,26,28)(H,27,29)/b25-15+. The van der Waals surface area contributed by atoms with Crippen LogP contribution < -0.4 is 15.5 Å². The number of carbonyl (C=O) groups excluding carboxylic acids is 3. The fourth-order valence-electron chi connectivity index (χ4n) is 2.66. The van der Waals surface area contributed by atoms with Crippen LogP contribution in [0.25, 0.3) is 0 Å². The highest BCUT2D eigenvalue weighted by Gasteiger charge is 2.13. The molecule has 32 heavy (non-hydrogen) atoms. The number of ether oxygens (including phenoxy) is 2. The number of para-hydroxylation sites is 1. The minimum atomic E-state index is -0.944. The molecule has 0 aliphatic rings. The number of amides is 2. The monoisotopic (exact) mass is 431 g/mol. The van der Waals surface area contributed by atoms with Gasteiger partial charge in [0.2, 0.25) is 0 Å². The Morgan fingerprint density at radius 1 is 0.875 bits per heavy atom. The molecule has 3 rings (SSSR count). The summed E-state index contributed by atoms with van der Waals surface area (Å²) in [4.78, 5) is 35.5. The minimum absolute atomic E-state index is 0.327. The third kappa shape index (κ3) is 6.27. The lowest BCUT2D eigenvalue weighted by molar-refractivity contribution is -0.136. The molecular weight excluding hydrogens is 410 g/mol. The second-order valence-electron chi connectivity index (χ2n) is 6.53. The van der Waals surface area contributed by atoms with E-state index in [1.165, 1.54) is 37.6 Å². The van der Waals surface area contributed by atoms with Gasteiger partial charge in [0.1, 0.15) is 12.4 Å². The summed E-state index contributed by atoms with van der Waals surface area (Å²) in [6.45, 7) is 0.384. The molecule has 0 atom stereocenters. The SMILES string of the molecule is COC(=O)c1ccc(NC(=O)C(=O)N/N=C/c2ccccc2OCc2ccccc2)cc1. The third-order valence-electron chi connectivity index (χ3n) is 4.30. The van der Waals surface area contributed by atoms with E-state index < -0.39 is 17.8 Å². The third-order valence-corrected chi connectivity index (χ3v) is 4.30.